The zero-order valence-electron chi connectivity index (χ0n) is 14.9. The molecule has 2 atom stereocenters. The van der Waals surface area contributed by atoms with Crippen LogP contribution in [0.3, 0.4) is 0 Å². The lowest BCUT2D eigenvalue weighted by Gasteiger charge is -2.27. The number of carbonyl (C=O) groups is 2. The van der Waals surface area contributed by atoms with Crippen molar-refractivity contribution in [2.24, 2.45) is 5.41 Å². The van der Waals surface area contributed by atoms with Crippen LogP contribution in [0.15, 0.2) is 66.2 Å². The number of hydrogen-bond acceptors (Lipinski definition) is 3. The number of Topliss-reactive ketones (excluding diaryl/α,β-unsaturated/α-hetero) is 1. The van der Waals surface area contributed by atoms with Crippen LogP contribution < -0.4 is 5.32 Å². The van der Waals surface area contributed by atoms with Crippen molar-refractivity contribution in [1.29, 1.82) is 5.26 Å². The molecule has 134 valence electrons. The van der Waals surface area contributed by atoms with Crippen LogP contribution in [-0.4, -0.2) is 17.7 Å². The molecule has 2 unspecified atom stereocenters. The quantitative estimate of drug-likeness (QED) is 0.826. The molecule has 1 amide bonds. The molecule has 2 aliphatic rings. The second-order valence-corrected chi connectivity index (χ2v) is 7.23. The Morgan fingerprint density at radius 3 is 2.44 bits per heavy atom. The summed E-state index contributed by atoms with van der Waals surface area (Å²) in [5.74, 6) is -0.0785. The standard InChI is InChI=1S/C23H20N2O2/c24-15-23(14-12-19(26)16-7-3-1-4-8-16)13-11-18-20(22(27)25-21(18)23)17-9-5-2-6-10-17/h1-10,21H,11-14H2,(H,25,27). The number of carbonyl (C=O) groups excluding carboxylic acids is 2. The molecule has 1 aliphatic carbocycles. The number of fused-ring (bicyclic) bond motifs is 1. The third kappa shape index (κ3) is 2.96. The van der Waals surface area contributed by atoms with E-state index < -0.39 is 5.41 Å². The van der Waals surface area contributed by atoms with Crippen LogP contribution in [0.25, 0.3) is 5.57 Å². The van der Waals surface area contributed by atoms with Crippen molar-refractivity contribution in [2.75, 3.05) is 0 Å². The minimum absolute atomic E-state index is 0.0373. The molecule has 0 aromatic heterocycles. The van der Waals surface area contributed by atoms with Gasteiger partial charge in [-0.15, -0.1) is 0 Å². The molecule has 1 aliphatic heterocycles. The van der Waals surface area contributed by atoms with E-state index in [2.05, 4.69) is 11.4 Å². The van der Waals surface area contributed by atoms with Crippen LogP contribution in [0, 0.1) is 16.7 Å². The van der Waals surface area contributed by atoms with E-state index in [4.69, 9.17) is 0 Å². The third-order valence-corrected chi connectivity index (χ3v) is 5.74. The normalized spacial score (nSPS) is 23.7. The molecule has 4 nitrogen and oxygen atoms in total. The largest absolute Gasteiger partial charge is 0.344 e. The predicted octanol–water partition coefficient (Wildman–Crippen LogP) is 3.91. The van der Waals surface area contributed by atoms with Crippen LogP contribution in [0.5, 0.6) is 0 Å². The Hall–Kier alpha value is -3.19. The van der Waals surface area contributed by atoms with Gasteiger partial charge >= 0.3 is 0 Å². The molecule has 4 rings (SSSR count). The molecule has 1 fully saturated rings. The fourth-order valence-electron chi connectivity index (χ4n) is 4.30. The zero-order valence-corrected chi connectivity index (χ0v) is 14.9. The Balaban J connectivity index is 1.59. The number of ketones is 1. The van der Waals surface area contributed by atoms with Crippen molar-refractivity contribution in [3.8, 4) is 6.07 Å². The maximum Gasteiger partial charge on any atom is 0.252 e. The van der Waals surface area contributed by atoms with E-state index in [1.807, 2.05) is 48.5 Å². The predicted molar refractivity (Wildman–Crippen MR) is 103 cm³/mol. The number of nitriles is 1. The van der Waals surface area contributed by atoms with Crippen LogP contribution >= 0.6 is 0 Å². The Morgan fingerprint density at radius 2 is 1.78 bits per heavy atom. The summed E-state index contributed by atoms with van der Waals surface area (Å²) >= 11 is 0. The summed E-state index contributed by atoms with van der Waals surface area (Å²) in [5.41, 5.74) is 2.56. The number of nitrogens with one attached hydrogen (secondary N) is 1. The van der Waals surface area contributed by atoms with E-state index >= 15 is 0 Å². The van der Waals surface area contributed by atoms with E-state index in [9.17, 15) is 14.9 Å². The van der Waals surface area contributed by atoms with Gasteiger partial charge in [-0.3, -0.25) is 9.59 Å². The van der Waals surface area contributed by atoms with Crippen molar-refractivity contribution in [2.45, 2.75) is 31.7 Å². The van der Waals surface area contributed by atoms with Gasteiger partial charge in [0.15, 0.2) is 5.78 Å². The average Bonchev–Trinajstić information content (AvgIpc) is 3.23. The highest BCUT2D eigenvalue weighted by Gasteiger charge is 2.51. The van der Waals surface area contributed by atoms with E-state index in [1.165, 1.54) is 0 Å². The first-order chi connectivity index (χ1) is 13.1. The van der Waals surface area contributed by atoms with Crippen molar-refractivity contribution in [3.63, 3.8) is 0 Å². The molecule has 2 aromatic rings. The van der Waals surface area contributed by atoms with Crippen molar-refractivity contribution < 1.29 is 9.59 Å². The van der Waals surface area contributed by atoms with Crippen LogP contribution in [-0.2, 0) is 4.79 Å². The smallest absolute Gasteiger partial charge is 0.252 e. The molecule has 1 saturated carbocycles. The van der Waals surface area contributed by atoms with Crippen LogP contribution in [0.4, 0.5) is 0 Å². The minimum atomic E-state index is -0.716. The van der Waals surface area contributed by atoms with Crippen molar-refractivity contribution >= 4 is 17.3 Å². The lowest BCUT2D eigenvalue weighted by Crippen LogP contribution is -2.40. The van der Waals surface area contributed by atoms with Crippen molar-refractivity contribution in [3.05, 3.63) is 77.4 Å². The highest BCUT2D eigenvalue weighted by Crippen LogP contribution is 2.49. The summed E-state index contributed by atoms with van der Waals surface area (Å²) in [7, 11) is 0. The van der Waals surface area contributed by atoms with Gasteiger partial charge in [-0.1, -0.05) is 60.7 Å². The van der Waals surface area contributed by atoms with E-state index in [-0.39, 0.29) is 17.7 Å². The fraction of sp³-hybridized carbons (Fsp3) is 0.261. The summed E-state index contributed by atoms with van der Waals surface area (Å²) < 4.78 is 0. The lowest BCUT2D eigenvalue weighted by molar-refractivity contribution is -0.115. The average molecular weight is 356 g/mol. The van der Waals surface area contributed by atoms with E-state index in [0.717, 1.165) is 11.1 Å². The molecule has 4 heteroatoms. The van der Waals surface area contributed by atoms with Gasteiger partial charge < -0.3 is 5.32 Å². The Kier molecular flexibility index (Phi) is 4.37. The minimum Gasteiger partial charge on any atom is -0.344 e. The number of benzene rings is 2. The number of nitrogens with zero attached hydrogens (tertiary/aromatic N) is 1. The van der Waals surface area contributed by atoms with Gasteiger partial charge in [0, 0.05) is 17.6 Å². The highest BCUT2D eigenvalue weighted by molar-refractivity contribution is 6.23. The summed E-state index contributed by atoms with van der Waals surface area (Å²) in [5, 5.41) is 13.0. The lowest BCUT2D eigenvalue weighted by atomic mass is 9.78. The molecular weight excluding hydrogens is 336 g/mol. The molecular formula is C23H20N2O2. The fourth-order valence-corrected chi connectivity index (χ4v) is 4.30. The van der Waals surface area contributed by atoms with Gasteiger partial charge in [0.05, 0.1) is 17.5 Å². The summed E-state index contributed by atoms with van der Waals surface area (Å²) in [4.78, 5) is 25.1. The van der Waals surface area contributed by atoms with Gasteiger partial charge in [0.25, 0.3) is 5.91 Å². The topological polar surface area (TPSA) is 70.0 Å². The maximum atomic E-state index is 12.6. The molecule has 0 bridgehead atoms. The van der Waals surface area contributed by atoms with E-state index in [1.54, 1.807) is 12.1 Å². The maximum absolute atomic E-state index is 12.6. The second-order valence-electron chi connectivity index (χ2n) is 7.23. The van der Waals surface area contributed by atoms with Gasteiger partial charge in [-0.05, 0) is 30.4 Å². The zero-order chi connectivity index (χ0) is 18.9. The first-order valence-electron chi connectivity index (χ1n) is 9.23. The monoisotopic (exact) mass is 356 g/mol. The van der Waals surface area contributed by atoms with Gasteiger partial charge in [0.1, 0.15) is 0 Å². The summed E-state index contributed by atoms with van der Waals surface area (Å²) in [6.45, 7) is 0. The summed E-state index contributed by atoms with van der Waals surface area (Å²) in [6.07, 6.45) is 2.13. The van der Waals surface area contributed by atoms with Gasteiger partial charge in [-0.2, -0.15) is 5.26 Å². The third-order valence-electron chi connectivity index (χ3n) is 5.74. The molecule has 27 heavy (non-hydrogen) atoms. The molecule has 1 heterocycles. The Bertz CT molecular complexity index is 957. The Morgan fingerprint density at radius 1 is 1.11 bits per heavy atom. The van der Waals surface area contributed by atoms with Crippen LogP contribution in [0.1, 0.15) is 41.6 Å². The van der Waals surface area contributed by atoms with Crippen LogP contribution in [0.2, 0.25) is 0 Å². The molecule has 1 N–H and O–H groups in total. The van der Waals surface area contributed by atoms with Gasteiger partial charge in [0.2, 0.25) is 0 Å². The molecule has 0 spiro atoms. The second kappa shape index (κ2) is 6.85. The summed E-state index contributed by atoms with van der Waals surface area (Å²) in [6, 6.07) is 20.9. The van der Waals surface area contributed by atoms with E-state index in [0.29, 0.717) is 36.8 Å². The number of hydrogen-bond donors (Lipinski definition) is 1. The van der Waals surface area contributed by atoms with Crippen molar-refractivity contribution in [1.82, 2.24) is 5.32 Å². The highest BCUT2D eigenvalue weighted by atomic mass is 16.2. The SMILES string of the molecule is N#CC1(CCC(=O)c2ccccc2)CCC2=C(c3ccccc3)C(=O)NC21. The van der Waals surface area contributed by atoms with Gasteiger partial charge in [-0.25, -0.2) is 0 Å². The Labute approximate surface area is 158 Å². The molecule has 2 aromatic carbocycles. The first-order valence-corrected chi connectivity index (χ1v) is 9.23. The first kappa shape index (κ1) is 17.2. The number of amides is 1. The number of rotatable bonds is 5. The molecule has 0 radical (unpaired) electrons. The molecule has 0 saturated heterocycles.